The van der Waals surface area contributed by atoms with Crippen LogP contribution in [-0.4, -0.2) is 88.0 Å². The number of carbonyl (C=O) groups is 5. The Morgan fingerprint density at radius 3 is 1.44 bits per heavy atom. The summed E-state index contributed by atoms with van der Waals surface area (Å²) in [6.07, 6.45) is -0.887. The normalized spacial score (nSPS) is 13.3. The van der Waals surface area contributed by atoms with Crippen molar-refractivity contribution in [2.24, 2.45) is 0 Å². The summed E-state index contributed by atoms with van der Waals surface area (Å²) in [5.41, 5.74) is 3.37. The number of hydrogen-bond donors (Lipinski definition) is 4. The van der Waals surface area contributed by atoms with Gasteiger partial charge in [0.05, 0.1) is 4.75 Å². The monoisotopic (exact) mass is 1020 g/mol. The SMILES string of the molecule is CN(C(=O)[C@H](Cc1ccc(Cl)cc1)NC(=O)OC(C)(C)C)[C@H](CSC(c1ccccc1)(c1ccccc1)c1ccccc1)C(=O)N[C@@H](Cc1ccc(OC(C)(C)C)cc1)C(=O)N[C@H](Cc1ccccc1)C(=O)O. The van der Waals surface area contributed by atoms with Crippen molar-refractivity contribution in [3.05, 3.63) is 208 Å². The van der Waals surface area contributed by atoms with Crippen LogP contribution in [0.4, 0.5) is 4.79 Å². The van der Waals surface area contributed by atoms with Crippen LogP contribution in [0.5, 0.6) is 5.75 Å². The molecule has 6 aromatic carbocycles. The highest BCUT2D eigenvalue weighted by atomic mass is 35.5. The quantitative estimate of drug-likeness (QED) is 0.0514. The largest absolute Gasteiger partial charge is 0.488 e. The van der Waals surface area contributed by atoms with Crippen LogP contribution in [0.15, 0.2) is 170 Å². The van der Waals surface area contributed by atoms with Gasteiger partial charge in [-0.1, -0.05) is 157 Å². The number of amides is 4. The maximum absolute atomic E-state index is 15.5. The first-order valence-corrected chi connectivity index (χ1v) is 25.5. The molecule has 73 heavy (non-hydrogen) atoms. The fourth-order valence-electron chi connectivity index (χ4n) is 8.32. The zero-order valence-corrected chi connectivity index (χ0v) is 43.9. The highest BCUT2D eigenvalue weighted by Crippen LogP contribution is 2.49. The number of benzene rings is 6. The third-order valence-corrected chi connectivity index (χ3v) is 13.7. The summed E-state index contributed by atoms with van der Waals surface area (Å²) in [6.45, 7) is 10.9. The molecule has 0 aliphatic carbocycles. The lowest BCUT2D eigenvalue weighted by molar-refractivity contribution is -0.143. The summed E-state index contributed by atoms with van der Waals surface area (Å²) >= 11 is 7.69. The van der Waals surface area contributed by atoms with Gasteiger partial charge in [0.2, 0.25) is 17.7 Å². The van der Waals surface area contributed by atoms with E-state index in [9.17, 15) is 19.5 Å². The second-order valence-electron chi connectivity index (χ2n) is 19.8. The van der Waals surface area contributed by atoms with Crippen molar-refractivity contribution >= 4 is 53.1 Å². The smallest absolute Gasteiger partial charge is 0.408 e. The van der Waals surface area contributed by atoms with Crippen molar-refractivity contribution in [1.29, 1.82) is 0 Å². The van der Waals surface area contributed by atoms with Crippen molar-refractivity contribution in [3.8, 4) is 5.75 Å². The van der Waals surface area contributed by atoms with E-state index in [4.69, 9.17) is 21.1 Å². The molecule has 4 atom stereocenters. The summed E-state index contributed by atoms with van der Waals surface area (Å²) < 4.78 is 10.7. The lowest BCUT2D eigenvalue weighted by Gasteiger charge is -2.38. The van der Waals surface area contributed by atoms with E-state index in [-0.39, 0.29) is 25.0 Å². The van der Waals surface area contributed by atoms with Gasteiger partial charge in [-0.25, -0.2) is 9.59 Å². The lowest BCUT2D eigenvalue weighted by Crippen LogP contribution is -2.59. The van der Waals surface area contributed by atoms with Crippen LogP contribution >= 0.6 is 23.4 Å². The molecular formula is C59H65ClN4O8S. The van der Waals surface area contributed by atoms with Gasteiger partial charge in [0.25, 0.3) is 0 Å². The minimum absolute atomic E-state index is 0.0149. The van der Waals surface area contributed by atoms with E-state index < -0.39 is 69.9 Å². The van der Waals surface area contributed by atoms with Gasteiger partial charge >= 0.3 is 12.1 Å². The third-order valence-electron chi connectivity index (χ3n) is 11.8. The summed E-state index contributed by atoms with van der Waals surface area (Å²) in [7, 11) is 1.50. The zero-order valence-electron chi connectivity index (χ0n) is 42.3. The van der Waals surface area contributed by atoms with E-state index in [1.807, 2.05) is 118 Å². The van der Waals surface area contributed by atoms with E-state index in [0.717, 1.165) is 16.7 Å². The Balaban J connectivity index is 1.45. The Kier molecular flexibility index (Phi) is 18.9. The van der Waals surface area contributed by atoms with Gasteiger partial charge in [0.1, 0.15) is 41.1 Å². The zero-order chi connectivity index (χ0) is 52.8. The molecule has 0 spiro atoms. The number of ether oxygens (including phenoxy) is 2. The van der Waals surface area contributed by atoms with Crippen molar-refractivity contribution in [2.75, 3.05) is 12.8 Å². The minimum Gasteiger partial charge on any atom is -0.488 e. The fraction of sp³-hybridized carbons (Fsp3) is 0.305. The number of hydrogen-bond acceptors (Lipinski definition) is 8. The van der Waals surface area contributed by atoms with Crippen LogP contribution in [0.25, 0.3) is 0 Å². The van der Waals surface area contributed by atoms with Gasteiger partial charge in [-0.15, -0.1) is 11.8 Å². The minimum atomic E-state index is -1.34. The second-order valence-corrected chi connectivity index (χ2v) is 21.5. The van der Waals surface area contributed by atoms with Crippen LogP contribution in [0.2, 0.25) is 5.02 Å². The van der Waals surface area contributed by atoms with Gasteiger partial charge in [-0.2, -0.15) is 0 Å². The Morgan fingerprint density at radius 1 is 0.548 bits per heavy atom. The number of thioether (sulfide) groups is 1. The molecule has 382 valence electrons. The second kappa shape index (κ2) is 25.0. The van der Waals surface area contributed by atoms with E-state index in [0.29, 0.717) is 27.5 Å². The molecule has 0 bridgehead atoms. The molecule has 0 saturated carbocycles. The number of likely N-dealkylation sites (N-methyl/N-ethyl adjacent to an activating group) is 1. The molecule has 0 fully saturated rings. The third kappa shape index (κ3) is 15.9. The average molecular weight is 1030 g/mol. The molecule has 0 aliphatic rings. The Hall–Kier alpha value is -7.09. The molecular weight excluding hydrogens is 960 g/mol. The Labute approximate surface area is 438 Å². The molecule has 0 aliphatic heterocycles. The summed E-state index contributed by atoms with van der Waals surface area (Å²) in [6, 6.07) is 47.4. The molecule has 12 nitrogen and oxygen atoms in total. The first-order valence-electron chi connectivity index (χ1n) is 24.2. The molecule has 14 heteroatoms. The summed E-state index contributed by atoms with van der Waals surface area (Å²) in [5, 5.41) is 19.3. The molecule has 0 radical (unpaired) electrons. The van der Waals surface area contributed by atoms with Crippen LogP contribution in [0.1, 0.15) is 74.9 Å². The van der Waals surface area contributed by atoms with Crippen molar-refractivity contribution < 1.29 is 38.6 Å². The van der Waals surface area contributed by atoms with Crippen molar-refractivity contribution in [2.45, 2.75) is 101 Å². The van der Waals surface area contributed by atoms with E-state index >= 15 is 9.59 Å². The number of aliphatic carboxylic acids is 1. The van der Waals surface area contributed by atoms with Gasteiger partial charge in [0.15, 0.2) is 0 Å². The first-order chi connectivity index (χ1) is 34.7. The van der Waals surface area contributed by atoms with Crippen LogP contribution in [-0.2, 0) is 47.9 Å². The number of carbonyl (C=O) groups excluding carboxylic acids is 4. The highest BCUT2D eigenvalue weighted by Gasteiger charge is 2.41. The van der Waals surface area contributed by atoms with Crippen molar-refractivity contribution in [1.82, 2.24) is 20.9 Å². The van der Waals surface area contributed by atoms with Crippen LogP contribution < -0.4 is 20.7 Å². The maximum Gasteiger partial charge on any atom is 0.408 e. The van der Waals surface area contributed by atoms with E-state index in [1.165, 1.54) is 23.7 Å². The number of nitrogens with one attached hydrogen (secondary N) is 3. The highest BCUT2D eigenvalue weighted by molar-refractivity contribution is 8.00. The molecule has 6 aromatic rings. The number of carboxylic acid groups (broad SMARTS) is 1. The molecule has 0 unspecified atom stereocenters. The lowest BCUT2D eigenvalue weighted by atomic mass is 9.84. The number of rotatable bonds is 21. The molecule has 4 amide bonds. The number of nitrogens with zero attached hydrogens (tertiary/aromatic N) is 1. The Bertz CT molecular complexity index is 2660. The summed E-state index contributed by atoms with van der Waals surface area (Å²) in [5.74, 6) is -2.75. The van der Waals surface area contributed by atoms with Gasteiger partial charge in [-0.05, 0) is 99.2 Å². The number of halogens is 1. The average Bonchev–Trinajstić information content (AvgIpc) is 3.35. The van der Waals surface area contributed by atoms with E-state index in [2.05, 4.69) is 16.0 Å². The molecule has 6 rings (SSSR count). The predicted octanol–water partition coefficient (Wildman–Crippen LogP) is 10.0. The van der Waals surface area contributed by atoms with Gasteiger partial charge < -0.3 is 35.4 Å². The Morgan fingerprint density at radius 2 is 0.973 bits per heavy atom. The molecule has 4 N–H and O–H groups in total. The van der Waals surface area contributed by atoms with Gasteiger partial charge in [-0.3, -0.25) is 14.4 Å². The number of carboxylic acids is 1. The topological polar surface area (TPSA) is 163 Å². The summed E-state index contributed by atoms with van der Waals surface area (Å²) in [4.78, 5) is 72.9. The number of alkyl carbamates (subject to hydrolysis) is 1. The molecule has 0 saturated heterocycles. The first kappa shape index (κ1) is 55.2. The molecule has 0 aromatic heterocycles. The van der Waals surface area contributed by atoms with Crippen molar-refractivity contribution in [3.63, 3.8) is 0 Å². The predicted molar refractivity (Wildman–Crippen MR) is 289 cm³/mol. The molecule has 0 heterocycles. The van der Waals surface area contributed by atoms with Crippen LogP contribution in [0.3, 0.4) is 0 Å². The maximum atomic E-state index is 15.5. The van der Waals surface area contributed by atoms with Crippen LogP contribution in [0, 0.1) is 0 Å². The fourth-order valence-corrected chi connectivity index (χ4v) is 10.1. The standard InChI is InChI=1S/C59H65ClN4O8S/c1-57(2,3)71-47-34-30-42(31-35-47)36-48(52(65)62-50(55(68)69)38-40-20-12-8-13-21-40)61-53(66)51(64(7)54(67)49(63-56(70)72-58(4,5)6)37-41-28-32-46(60)33-29-41)39-73-59(43-22-14-9-15-23-43,44-24-16-10-17-25-44)45-26-18-11-19-27-45/h8-35,48-51H,36-39H2,1-7H3,(H,61,66)(H,62,65)(H,63,70)(H,68,69)/t48-,49-,50+,51+/m0/s1. The van der Waals surface area contributed by atoms with Gasteiger partial charge in [0, 0.05) is 37.1 Å². The van der Waals surface area contributed by atoms with E-state index in [1.54, 1.807) is 93.6 Å².